The Morgan fingerprint density at radius 3 is 2.04 bits per heavy atom. The normalized spacial score (nSPS) is 10.8. The van der Waals surface area contributed by atoms with Gasteiger partial charge < -0.3 is 4.72 Å². The molecule has 2 rings (SSSR count). The summed E-state index contributed by atoms with van der Waals surface area (Å²) in [4.78, 5) is 1.05. The Morgan fingerprint density at radius 1 is 0.958 bits per heavy atom. The molecule has 0 aliphatic heterocycles. The Bertz CT molecular complexity index is 613. The Morgan fingerprint density at radius 2 is 1.54 bits per heavy atom. The molecule has 0 aromatic heterocycles. The van der Waals surface area contributed by atoms with Crippen LogP contribution in [0.3, 0.4) is 0 Å². The van der Waals surface area contributed by atoms with E-state index in [-0.39, 0.29) is 5.41 Å². The lowest BCUT2D eigenvalue weighted by Gasteiger charge is -2.19. The summed E-state index contributed by atoms with van der Waals surface area (Å²) >= 11 is 7.83. The van der Waals surface area contributed by atoms with Gasteiger partial charge in [0.2, 0.25) is 0 Å². The van der Waals surface area contributed by atoms with Gasteiger partial charge in [-0.15, -0.1) is 0 Å². The summed E-state index contributed by atoms with van der Waals surface area (Å²) in [5.41, 5.74) is 3.70. The molecule has 0 atom stereocenters. The van der Waals surface area contributed by atoms with E-state index in [0.29, 0.717) is 0 Å². The van der Waals surface area contributed by atoms with Gasteiger partial charge in [0.1, 0.15) is 0 Å². The van der Waals surface area contributed by atoms with Gasteiger partial charge in [-0.25, -0.2) is 0 Å². The molecule has 0 saturated heterocycles. The zero-order valence-corrected chi connectivity index (χ0v) is 17.3. The molecule has 0 amide bonds. The average molecular weight is 364 g/mol. The van der Waals surface area contributed by atoms with Gasteiger partial charge >= 0.3 is 0 Å². The van der Waals surface area contributed by atoms with E-state index in [4.69, 9.17) is 11.6 Å². The van der Waals surface area contributed by atoms with Gasteiger partial charge in [-0.2, -0.15) is 0 Å². The molecule has 132 valence electrons. The van der Waals surface area contributed by atoms with E-state index in [9.17, 15) is 0 Å². The van der Waals surface area contributed by atoms with Gasteiger partial charge in [0.15, 0.2) is 0 Å². The number of aryl methyl sites for hydroxylation is 1. The van der Waals surface area contributed by atoms with Gasteiger partial charge in [0.25, 0.3) is 0 Å². The van der Waals surface area contributed by atoms with Gasteiger partial charge in [-0.1, -0.05) is 83.3 Å². The molecule has 0 spiro atoms. The van der Waals surface area contributed by atoms with Crippen molar-refractivity contribution in [2.75, 3.05) is 4.72 Å². The number of anilines is 1. The van der Waals surface area contributed by atoms with Crippen LogP contribution in [0.1, 0.15) is 58.6 Å². The van der Waals surface area contributed by atoms with Crippen molar-refractivity contribution >= 4 is 29.2 Å². The van der Waals surface area contributed by atoms with Crippen molar-refractivity contribution in [2.24, 2.45) is 0 Å². The number of hydrogen-bond acceptors (Lipinski definition) is 2. The quantitative estimate of drug-likeness (QED) is 0.554. The highest BCUT2D eigenvalue weighted by molar-refractivity contribution is 8.00. The molecule has 24 heavy (non-hydrogen) atoms. The highest BCUT2D eigenvalue weighted by Gasteiger charge is 2.12. The van der Waals surface area contributed by atoms with E-state index >= 15 is 0 Å². The van der Waals surface area contributed by atoms with Crippen LogP contribution in [0.5, 0.6) is 0 Å². The first-order chi connectivity index (χ1) is 11.3. The van der Waals surface area contributed by atoms with Crippen LogP contribution in [-0.4, -0.2) is 0 Å². The largest absolute Gasteiger partial charge is 0.326 e. The van der Waals surface area contributed by atoms with Gasteiger partial charge in [-0.3, -0.25) is 0 Å². The number of unbranched alkanes of at least 4 members (excludes halogenated alkanes) is 1. The first-order valence-corrected chi connectivity index (χ1v) is 9.77. The molecule has 0 aliphatic carbocycles. The number of rotatable bonds is 4. The van der Waals surface area contributed by atoms with Gasteiger partial charge in [0.05, 0.1) is 5.02 Å². The number of hydrogen-bond donors (Lipinski definition) is 1. The van der Waals surface area contributed by atoms with Gasteiger partial charge in [0, 0.05) is 10.6 Å². The van der Waals surface area contributed by atoms with Crippen LogP contribution in [0.2, 0.25) is 5.02 Å². The van der Waals surface area contributed by atoms with Crippen molar-refractivity contribution in [1.29, 1.82) is 0 Å². The molecule has 2 aromatic rings. The minimum atomic E-state index is 0.186. The molecule has 0 heterocycles. The molecule has 0 bridgehead atoms. The van der Waals surface area contributed by atoms with Crippen LogP contribution >= 0.6 is 23.5 Å². The maximum atomic E-state index is 6.28. The molecule has 0 radical (unpaired) electrons. The second-order valence-corrected chi connectivity index (χ2v) is 8.14. The molecule has 0 saturated carbocycles. The highest BCUT2D eigenvalue weighted by Crippen LogP contribution is 2.31. The van der Waals surface area contributed by atoms with Crippen molar-refractivity contribution < 1.29 is 0 Å². The second kappa shape index (κ2) is 10.0. The Labute approximate surface area is 157 Å². The molecule has 0 fully saturated rings. The standard InChI is InChI=1S/C17H20ClNS.C4H10/c1-12-6-5-7-15(16(12)18)20-19-14-10-8-13(9-11-14)17(2,3)4;1-3-4-2/h5-11,19H,1-4H3;3-4H2,1-2H3. The molecule has 3 heteroatoms. The van der Waals surface area contributed by atoms with Crippen molar-refractivity contribution in [3.63, 3.8) is 0 Å². The van der Waals surface area contributed by atoms with E-state index in [1.807, 2.05) is 25.1 Å². The molecule has 0 aliphatic rings. The summed E-state index contributed by atoms with van der Waals surface area (Å²) in [6.07, 6.45) is 2.64. The summed E-state index contributed by atoms with van der Waals surface area (Å²) < 4.78 is 3.34. The zero-order valence-electron chi connectivity index (χ0n) is 15.7. The molecule has 1 N–H and O–H groups in total. The van der Waals surface area contributed by atoms with E-state index in [2.05, 4.69) is 63.6 Å². The predicted octanol–water partition coefficient (Wildman–Crippen LogP) is 7.87. The van der Waals surface area contributed by atoms with E-state index < -0.39 is 0 Å². The minimum absolute atomic E-state index is 0.186. The van der Waals surface area contributed by atoms with Crippen molar-refractivity contribution in [2.45, 2.75) is 64.7 Å². The molecular formula is C21H30ClNS. The number of nitrogens with one attached hydrogen (secondary N) is 1. The third kappa shape index (κ3) is 6.78. The van der Waals surface area contributed by atoms with E-state index in [0.717, 1.165) is 21.2 Å². The number of halogens is 1. The van der Waals surface area contributed by atoms with Crippen molar-refractivity contribution in [3.8, 4) is 0 Å². The summed E-state index contributed by atoms with van der Waals surface area (Å²) in [5.74, 6) is 0. The van der Waals surface area contributed by atoms with Crippen molar-refractivity contribution in [3.05, 3.63) is 58.6 Å². The van der Waals surface area contributed by atoms with Crippen LogP contribution in [0.15, 0.2) is 47.4 Å². The maximum absolute atomic E-state index is 6.28. The zero-order chi connectivity index (χ0) is 18.2. The fraction of sp³-hybridized carbons (Fsp3) is 0.429. The molecule has 2 aromatic carbocycles. The van der Waals surface area contributed by atoms with Gasteiger partial charge in [-0.05, 0) is 53.6 Å². The average Bonchev–Trinajstić information content (AvgIpc) is 2.56. The summed E-state index contributed by atoms with van der Waals surface area (Å²) in [7, 11) is 0. The smallest absolute Gasteiger partial charge is 0.0588 e. The molecular weight excluding hydrogens is 334 g/mol. The number of benzene rings is 2. The summed E-state index contributed by atoms with van der Waals surface area (Å²) in [6, 6.07) is 14.6. The molecule has 1 nitrogen and oxygen atoms in total. The summed E-state index contributed by atoms with van der Waals surface area (Å²) in [6.45, 7) is 13.0. The van der Waals surface area contributed by atoms with E-state index in [1.54, 1.807) is 11.9 Å². The monoisotopic (exact) mass is 363 g/mol. The third-order valence-electron chi connectivity index (χ3n) is 3.69. The lowest BCUT2D eigenvalue weighted by atomic mass is 9.87. The van der Waals surface area contributed by atoms with Crippen LogP contribution in [0, 0.1) is 6.92 Å². The van der Waals surface area contributed by atoms with Crippen molar-refractivity contribution in [1.82, 2.24) is 0 Å². The predicted molar refractivity (Wildman–Crippen MR) is 111 cm³/mol. The van der Waals surface area contributed by atoms with Crippen LogP contribution in [0.25, 0.3) is 0 Å². The Kier molecular flexibility index (Phi) is 8.72. The second-order valence-electron chi connectivity index (χ2n) is 6.92. The Hall–Kier alpha value is -1.12. The van der Waals surface area contributed by atoms with Crippen LogP contribution in [0.4, 0.5) is 5.69 Å². The highest BCUT2D eigenvalue weighted by atomic mass is 35.5. The molecule has 0 unspecified atom stereocenters. The van der Waals surface area contributed by atoms with E-state index in [1.165, 1.54) is 18.4 Å². The lowest BCUT2D eigenvalue weighted by molar-refractivity contribution is 0.590. The lowest BCUT2D eigenvalue weighted by Crippen LogP contribution is -2.10. The van der Waals surface area contributed by atoms with Crippen LogP contribution in [-0.2, 0) is 5.41 Å². The fourth-order valence-corrected chi connectivity index (χ4v) is 2.85. The first-order valence-electron chi connectivity index (χ1n) is 8.58. The summed E-state index contributed by atoms with van der Waals surface area (Å²) in [5, 5.41) is 0.816. The minimum Gasteiger partial charge on any atom is -0.326 e. The maximum Gasteiger partial charge on any atom is 0.0588 e. The fourth-order valence-electron chi connectivity index (χ4n) is 1.85. The first kappa shape index (κ1) is 20.9. The SMILES string of the molecule is CCCC.Cc1cccc(SNc2ccc(C(C)(C)C)cc2)c1Cl. The Balaban J connectivity index is 0.000000648. The van der Waals surface area contributed by atoms with Crippen LogP contribution < -0.4 is 4.72 Å². The topological polar surface area (TPSA) is 12.0 Å². The third-order valence-corrected chi connectivity index (χ3v) is 5.20.